The number of carbonyl (C=O) groups is 1. The van der Waals surface area contributed by atoms with Gasteiger partial charge >= 0.3 is 6.09 Å². The van der Waals surface area contributed by atoms with Crippen LogP contribution < -0.4 is 0 Å². The fourth-order valence-electron chi connectivity index (χ4n) is 3.79. The monoisotopic (exact) mass is 499 g/mol. The van der Waals surface area contributed by atoms with Gasteiger partial charge in [-0.2, -0.15) is 5.10 Å². The first-order valence-corrected chi connectivity index (χ1v) is 15.3. The molecule has 1 aliphatic heterocycles. The molecule has 10 heteroatoms. The van der Waals surface area contributed by atoms with E-state index in [0.717, 1.165) is 11.3 Å². The molecule has 0 saturated carbocycles. The normalized spacial score (nSPS) is 21.2. The third-order valence-electron chi connectivity index (χ3n) is 6.55. The Labute approximate surface area is 202 Å². The van der Waals surface area contributed by atoms with Crippen LogP contribution in [0.2, 0.25) is 18.1 Å². The van der Waals surface area contributed by atoms with Crippen molar-refractivity contribution in [3.8, 4) is 0 Å². The number of aryl methyl sites for hydroxylation is 1. The number of H-pyrrole nitrogens is 1. The van der Waals surface area contributed by atoms with E-state index in [9.17, 15) is 4.79 Å². The number of thioether (sulfide) groups is 1. The maximum atomic E-state index is 13.1. The number of nitrogens with one attached hydrogen (secondary N) is 1. The number of ether oxygens (including phenoxy) is 2. The molecule has 1 N–H and O–H groups in total. The van der Waals surface area contributed by atoms with Gasteiger partial charge in [-0.1, -0.05) is 45.2 Å². The Morgan fingerprint density at radius 1 is 1.44 bits per heavy atom. The van der Waals surface area contributed by atoms with Crippen LogP contribution in [0, 0.1) is 6.92 Å². The molecule has 0 bridgehead atoms. The second kappa shape index (κ2) is 10.3. The largest absolute Gasteiger partial charge is 0.465 e. The van der Waals surface area contributed by atoms with Crippen molar-refractivity contribution in [1.29, 1.82) is 0 Å². The minimum absolute atomic E-state index is 0.0562. The number of aromatic nitrogens is 2. The number of carbonyl (C=O) groups excluding carboxylic acids is 1. The maximum Gasteiger partial charge on any atom is 0.410 e. The second-order valence-electron chi connectivity index (χ2n) is 9.82. The van der Waals surface area contributed by atoms with Crippen LogP contribution in [0.3, 0.4) is 0 Å². The standard InChI is InChI=1S/C22H37N3O4S2Si/c1-10-11-27-19(26)25-14-16(29-32(8,9)21(3,4)5)12-18(25)22(6,28-20(30)31-7)17-13-23-24-15(17)2/h10,13,16,18H,1,11-12,14H2,2-9H3,(H,23,24)/t16-,18+,22?/m1/s1. The van der Waals surface area contributed by atoms with Crippen molar-refractivity contribution in [2.75, 3.05) is 19.4 Å². The molecule has 1 aliphatic rings. The Balaban J connectivity index is 2.47. The van der Waals surface area contributed by atoms with Gasteiger partial charge in [-0.3, -0.25) is 10.00 Å². The number of aromatic amines is 1. The summed E-state index contributed by atoms with van der Waals surface area (Å²) in [6.07, 6.45) is 5.31. The molecule has 3 atom stereocenters. The van der Waals surface area contributed by atoms with Crippen LogP contribution in [-0.2, 0) is 19.5 Å². The van der Waals surface area contributed by atoms with E-state index in [0.29, 0.717) is 17.3 Å². The van der Waals surface area contributed by atoms with Crippen molar-refractivity contribution in [3.05, 3.63) is 30.1 Å². The molecule has 2 rings (SSSR count). The molecule has 1 aromatic rings. The number of rotatable bonds is 7. The minimum Gasteiger partial charge on any atom is -0.465 e. The summed E-state index contributed by atoms with van der Waals surface area (Å²) in [5.74, 6) is 0. The first-order valence-electron chi connectivity index (χ1n) is 10.8. The van der Waals surface area contributed by atoms with Crippen LogP contribution in [0.15, 0.2) is 18.9 Å². The summed E-state index contributed by atoms with van der Waals surface area (Å²) in [6, 6.07) is -0.351. The minimum atomic E-state index is -2.05. The molecule has 7 nitrogen and oxygen atoms in total. The van der Waals surface area contributed by atoms with Crippen LogP contribution in [0.4, 0.5) is 4.79 Å². The molecule has 1 amide bonds. The Morgan fingerprint density at radius 3 is 2.59 bits per heavy atom. The fourth-order valence-corrected chi connectivity index (χ4v) is 5.58. The molecule has 1 saturated heterocycles. The predicted octanol–water partition coefficient (Wildman–Crippen LogP) is 5.39. The topological polar surface area (TPSA) is 76.7 Å². The average molecular weight is 500 g/mol. The molecule has 1 aromatic heterocycles. The molecule has 32 heavy (non-hydrogen) atoms. The van der Waals surface area contributed by atoms with E-state index in [1.807, 2.05) is 26.3 Å². The smallest absolute Gasteiger partial charge is 0.410 e. The van der Waals surface area contributed by atoms with Gasteiger partial charge in [0.2, 0.25) is 4.38 Å². The van der Waals surface area contributed by atoms with Gasteiger partial charge in [0.15, 0.2) is 13.9 Å². The van der Waals surface area contributed by atoms with E-state index in [1.165, 1.54) is 11.8 Å². The zero-order valence-electron chi connectivity index (χ0n) is 20.5. The first-order chi connectivity index (χ1) is 14.8. The van der Waals surface area contributed by atoms with Crippen LogP contribution in [-0.4, -0.2) is 65.4 Å². The van der Waals surface area contributed by atoms with E-state index >= 15 is 0 Å². The summed E-state index contributed by atoms with van der Waals surface area (Å²) in [7, 11) is -2.05. The lowest BCUT2D eigenvalue weighted by Gasteiger charge is -2.39. The summed E-state index contributed by atoms with van der Waals surface area (Å²) < 4.78 is 18.9. The molecule has 1 unspecified atom stereocenters. The number of hydrogen-bond acceptors (Lipinski definition) is 7. The van der Waals surface area contributed by atoms with Crippen LogP contribution in [0.25, 0.3) is 0 Å². The van der Waals surface area contributed by atoms with E-state index in [4.69, 9.17) is 26.1 Å². The van der Waals surface area contributed by atoms with Crippen molar-refractivity contribution < 1.29 is 18.7 Å². The zero-order chi connectivity index (χ0) is 24.3. The van der Waals surface area contributed by atoms with Crippen molar-refractivity contribution in [2.24, 2.45) is 0 Å². The third kappa shape index (κ3) is 5.76. The summed E-state index contributed by atoms with van der Waals surface area (Å²) in [5, 5.41) is 7.26. The highest BCUT2D eigenvalue weighted by atomic mass is 32.2. The average Bonchev–Trinajstić information content (AvgIpc) is 3.31. The van der Waals surface area contributed by atoms with Crippen molar-refractivity contribution in [1.82, 2.24) is 15.1 Å². The maximum absolute atomic E-state index is 13.1. The van der Waals surface area contributed by atoms with Crippen LogP contribution in [0.5, 0.6) is 0 Å². The number of nitrogens with zero attached hydrogens (tertiary/aromatic N) is 2. The van der Waals surface area contributed by atoms with Gasteiger partial charge in [0.05, 0.1) is 17.8 Å². The lowest BCUT2D eigenvalue weighted by Crippen LogP contribution is -2.50. The Bertz CT molecular complexity index is 839. The molecule has 0 aromatic carbocycles. The van der Waals surface area contributed by atoms with Gasteiger partial charge < -0.3 is 13.9 Å². The highest BCUT2D eigenvalue weighted by molar-refractivity contribution is 8.22. The van der Waals surface area contributed by atoms with Gasteiger partial charge in [0, 0.05) is 18.3 Å². The molecule has 180 valence electrons. The van der Waals surface area contributed by atoms with Crippen molar-refractivity contribution >= 4 is 42.8 Å². The first kappa shape index (κ1) is 26.9. The van der Waals surface area contributed by atoms with Crippen LogP contribution >= 0.6 is 24.0 Å². The summed E-state index contributed by atoms with van der Waals surface area (Å²) in [5.41, 5.74) is 0.730. The number of amides is 1. The SMILES string of the molecule is C=CCOC(=O)N1C[C@H](O[Si](C)(C)C(C)(C)C)C[C@H]1C(C)(OC(=S)SC)c1c[nH]nc1C. The molecule has 0 aliphatic carbocycles. The lowest BCUT2D eigenvalue weighted by molar-refractivity contribution is -0.00506. The third-order valence-corrected chi connectivity index (χ3v) is 12.1. The molecule has 2 heterocycles. The van der Waals surface area contributed by atoms with E-state index in [1.54, 1.807) is 11.0 Å². The summed E-state index contributed by atoms with van der Waals surface area (Å²) >= 11 is 6.79. The zero-order valence-corrected chi connectivity index (χ0v) is 23.1. The number of hydrogen-bond donors (Lipinski definition) is 1. The van der Waals surface area contributed by atoms with Gasteiger partial charge in [0.1, 0.15) is 6.61 Å². The quantitative estimate of drug-likeness (QED) is 0.306. The van der Waals surface area contributed by atoms with Gasteiger partial charge in [-0.15, -0.1) is 0 Å². The molecule has 1 fully saturated rings. The highest BCUT2D eigenvalue weighted by Gasteiger charge is 2.53. The molecule has 0 radical (unpaired) electrons. The van der Waals surface area contributed by atoms with Gasteiger partial charge in [0.25, 0.3) is 0 Å². The predicted molar refractivity (Wildman–Crippen MR) is 137 cm³/mol. The number of likely N-dealkylation sites (tertiary alicyclic amines) is 1. The van der Waals surface area contributed by atoms with E-state index in [-0.39, 0.29) is 23.8 Å². The van der Waals surface area contributed by atoms with E-state index < -0.39 is 20.0 Å². The Kier molecular flexibility index (Phi) is 8.63. The Morgan fingerprint density at radius 2 is 2.09 bits per heavy atom. The fraction of sp³-hybridized carbons (Fsp3) is 0.682. The van der Waals surface area contributed by atoms with E-state index in [2.05, 4.69) is 50.6 Å². The molecular formula is C22H37N3O4S2Si. The highest BCUT2D eigenvalue weighted by Crippen LogP contribution is 2.43. The molecule has 0 spiro atoms. The van der Waals surface area contributed by atoms with Crippen molar-refractivity contribution in [2.45, 2.75) is 76.9 Å². The van der Waals surface area contributed by atoms with Gasteiger partial charge in [-0.25, -0.2) is 4.79 Å². The van der Waals surface area contributed by atoms with Crippen LogP contribution in [0.1, 0.15) is 45.4 Å². The van der Waals surface area contributed by atoms with Gasteiger partial charge in [-0.05, 0) is 56.9 Å². The summed E-state index contributed by atoms with van der Waals surface area (Å²) in [6.45, 7) is 19.2. The second-order valence-corrected chi connectivity index (χ2v) is 16.0. The number of thiocarbonyl (C=S) groups is 1. The van der Waals surface area contributed by atoms with Crippen molar-refractivity contribution in [3.63, 3.8) is 0 Å². The lowest BCUT2D eigenvalue weighted by atomic mass is 9.86. The molecular weight excluding hydrogens is 462 g/mol. The Hall–Kier alpha value is -1.36. The summed E-state index contributed by atoms with van der Waals surface area (Å²) in [4.78, 5) is 14.8.